The second kappa shape index (κ2) is 5.36. The topological polar surface area (TPSA) is 46.0 Å². The van der Waals surface area contributed by atoms with Gasteiger partial charge >= 0.3 is 0 Å². The highest BCUT2D eigenvalue weighted by molar-refractivity contribution is 4.94. The molecule has 5 nitrogen and oxygen atoms in total. The van der Waals surface area contributed by atoms with Crippen LogP contribution in [0.2, 0.25) is 0 Å². The van der Waals surface area contributed by atoms with Crippen LogP contribution in [-0.4, -0.2) is 46.1 Å². The van der Waals surface area contributed by atoms with Crippen molar-refractivity contribution in [3.05, 3.63) is 11.9 Å². The van der Waals surface area contributed by atoms with Gasteiger partial charge in [0.25, 0.3) is 0 Å². The average molecular weight is 251 g/mol. The second-order valence-corrected chi connectivity index (χ2v) is 6.21. The molecular weight excluding hydrogens is 226 g/mol. The summed E-state index contributed by atoms with van der Waals surface area (Å²) in [5, 5.41) is 11.8. The molecule has 0 aliphatic heterocycles. The molecular formula is C13H25N5. The van der Waals surface area contributed by atoms with Gasteiger partial charge in [-0.15, -0.1) is 5.10 Å². The molecule has 1 saturated carbocycles. The van der Waals surface area contributed by atoms with Crippen molar-refractivity contribution in [2.75, 3.05) is 20.1 Å². The predicted octanol–water partition coefficient (Wildman–Crippen LogP) is 1.22. The van der Waals surface area contributed by atoms with Crippen LogP contribution in [0.25, 0.3) is 0 Å². The van der Waals surface area contributed by atoms with Crippen molar-refractivity contribution in [2.24, 2.45) is 0 Å². The van der Waals surface area contributed by atoms with Crippen LogP contribution in [0.3, 0.4) is 0 Å². The molecule has 1 aliphatic carbocycles. The van der Waals surface area contributed by atoms with E-state index >= 15 is 0 Å². The van der Waals surface area contributed by atoms with E-state index in [4.69, 9.17) is 0 Å². The van der Waals surface area contributed by atoms with Crippen LogP contribution < -0.4 is 5.32 Å². The fraction of sp³-hybridized carbons (Fsp3) is 0.846. The van der Waals surface area contributed by atoms with Gasteiger partial charge in [0.05, 0.1) is 17.4 Å². The Kier molecular flexibility index (Phi) is 4.02. The van der Waals surface area contributed by atoms with Gasteiger partial charge in [-0.2, -0.15) is 0 Å². The Morgan fingerprint density at radius 3 is 2.72 bits per heavy atom. The van der Waals surface area contributed by atoms with Crippen LogP contribution in [0.1, 0.15) is 39.3 Å². The number of likely N-dealkylation sites (N-methyl/N-ethyl adjacent to an activating group) is 1. The van der Waals surface area contributed by atoms with Crippen LogP contribution in [0.4, 0.5) is 0 Å². The normalized spacial score (nSPS) is 16.5. The van der Waals surface area contributed by atoms with Gasteiger partial charge in [-0.05, 0) is 40.7 Å². The van der Waals surface area contributed by atoms with E-state index in [1.54, 1.807) is 0 Å². The quantitative estimate of drug-likeness (QED) is 0.772. The first-order chi connectivity index (χ1) is 8.47. The Morgan fingerprint density at radius 1 is 1.44 bits per heavy atom. The van der Waals surface area contributed by atoms with Crippen LogP contribution in [-0.2, 0) is 12.1 Å². The third-order valence-electron chi connectivity index (χ3n) is 3.35. The van der Waals surface area contributed by atoms with E-state index in [-0.39, 0.29) is 5.54 Å². The predicted molar refractivity (Wildman–Crippen MR) is 72.4 cm³/mol. The Bertz CT molecular complexity index is 375. The highest BCUT2D eigenvalue weighted by Crippen LogP contribution is 2.24. The van der Waals surface area contributed by atoms with Gasteiger partial charge in [0.2, 0.25) is 0 Å². The largest absolute Gasteiger partial charge is 0.310 e. The third kappa shape index (κ3) is 3.78. The van der Waals surface area contributed by atoms with Gasteiger partial charge in [0, 0.05) is 25.7 Å². The summed E-state index contributed by atoms with van der Waals surface area (Å²) in [4.78, 5) is 2.43. The summed E-state index contributed by atoms with van der Waals surface area (Å²) < 4.78 is 1.92. The number of rotatable bonds is 6. The second-order valence-electron chi connectivity index (χ2n) is 6.21. The summed E-state index contributed by atoms with van der Waals surface area (Å²) in [6.45, 7) is 9.30. The van der Waals surface area contributed by atoms with Gasteiger partial charge in [-0.1, -0.05) is 5.21 Å². The van der Waals surface area contributed by atoms with E-state index in [0.29, 0.717) is 0 Å². The molecule has 0 aromatic carbocycles. The maximum Gasteiger partial charge on any atom is 0.0965 e. The lowest BCUT2D eigenvalue weighted by Gasteiger charge is -2.17. The molecule has 0 radical (unpaired) electrons. The monoisotopic (exact) mass is 251 g/mol. The lowest BCUT2D eigenvalue weighted by Crippen LogP contribution is -2.30. The first-order valence-electron chi connectivity index (χ1n) is 6.79. The van der Waals surface area contributed by atoms with Crippen molar-refractivity contribution < 1.29 is 0 Å². The number of hydrogen-bond donors (Lipinski definition) is 1. The summed E-state index contributed by atoms with van der Waals surface area (Å²) in [5.74, 6) is 0. The van der Waals surface area contributed by atoms with Gasteiger partial charge < -0.3 is 10.2 Å². The SMILES string of the molecule is CN(CCNCc1cn(C(C)(C)C)nn1)C1CC1. The van der Waals surface area contributed by atoms with E-state index in [1.807, 2.05) is 10.9 Å². The Morgan fingerprint density at radius 2 is 2.17 bits per heavy atom. The third-order valence-corrected chi connectivity index (χ3v) is 3.35. The molecule has 1 N–H and O–H groups in total. The van der Waals surface area contributed by atoms with Crippen LogP contribution >= 0.6 is 0 Å². The molecule has 0 unspecified atom stereocenters. The first kappa shape index (κ1) is 13.5. The zero-order valence-corrected chi connectivity index (χ0v) is 12.0. The molecule has 0 saturated heterocycles. The van der Waals surface area contributed by atoms with Crippen LogP contribution in [0.15, 0.2) is 6.20 Å². The van der Waals surface area contributed by atoms with Crippen molar-refractivity contribution in [3.8, 4) is 0 Å². The van der Waals surface area contributed by atoms with Gasteiger partial charge in [0.1, 0.15) is 0 Å². The first-order valence-corrected chi connectivity index (χ1v) is 6.79. The zero-order chi connectivity index (χ0) is 13.2. The van der Waals surface area contributed by atoms with Gasteiger partial charge in [0.15, 0.2) is 0 Å². The van der Waals surface area contributed by atoms with Crippen molar-refractivity contribution >= 4 is 0 Å². The molecule has 0 amide bonds. The van der Waals surface area contributed by atoms with E-state index in [0.717, 1.165) is 31.4 Å². The summed E-state index contributed by atoms with van der Waals surface area (Å²) in [5.41, 5.74) is 1.02. The number of nitrogens with zero attached hydrogens (tertiary/aromatic N) is 4. The maximum atomic E-state index is 4.18. The van der Waals surface area contributed by atoms with Gasteiger partial charge in [-0.3, -0.25) is 0 Å². The van der Waals surface area contributed by atoms with Crippen LogP contribution in [0, 0.1) is 0 Å². The average Bonchev–Trinajstić information content (AvgIpc) is 3.02. The maximum absolute atomic E-state index is 4.18. The molecule has 0 bridgehead atoms. The highest BCUT2D eigenvalue weighted by atomic mass is 15.4. The number of hydrogen-bond acceptors (Lipinski definition) is 4. The Labute approximate surface area is 110 Å². The molecule has 0 atom stereocenters. The van der Waals surface area contributed by atoms with Crippen molar-refractivity contribution in [1.82, 2.24) is 25.2 Å². The molecule has 5 heteroatoms. The summed E-state index contributed by atoms with van der Waals surface area (Å²) in [6.07, 6.45) is 4.77. The molecule has 0 spiro atoms. The van der Waals surface area contributed by atoms with Crippen molar-refractivity contribution in [1.29, 1.82) is 0 Å². The standard InChI is InChI=1S/C13H25N5/c1-13(2,3)18-10-11(15-16-18)9-14-7-8-17(4)12-5-6-12/h10,12,14H,5-9H2,1-4H3. The minimum Gasteiger partial charge on any atom is -0.310 e. The van der Waals surface area contributed by atoms with Crippen molar-refractivity contribution in [3.63, 3.8) is 0 Å². The number of aromatic nitrogens is 3. The molecule has 1 aromatic rings. The summed E-state index contributed by atoms with van der Waals surface area (Å²) in [7, 11) is 2.20. The van der Waals surface area contributed by atoms with E-state index in [9.17, 15) is 0 Å². The van der Waals surface area contributed by atoms with Crippen molar-refractivity contribution in [2.45, 2.75) is 51.7 Å². The fourth-order valence-electron chi connectivity index (χ4n) is 1.88. The minimum absolute atomic E-state index is 0.0114. The fourth-order valence-corrected chi connectivity index (χ4v) is 1.88. The van der Waals surface area contributed by atoms with E-state index in [1.165, 1.54) is 12.8 Å². The molecule has 2 rings (SSSR count). The highest BCUT2D eigenvalue weighted by Gasteiger charge is 2.25. The van der Waals surface area contributed by atoms with E-state index in [2.05, 4.69) is 48.3 Å². The lowest BCUT2D eigenvalue weighted by molar-refractivity contribution is 0.321. The summed E-state index contributed by atoms with van der Waals surface area (Å²) in [6, 6.07) is 0.841. The smallest absolute Gasteiger partial charge is 0.0965 e. The Balaban J connectivity index is 1.68. The molecule has 1 fully saturated rings. The molecule has 1 aliphatic rings. The van der Waals surface area contributed by atoms with Crippen LogP contribution in [0.5, 0.6) is 0 Å². The molecule has 1 heterocycles. The minimum atomic E-state index is 0.0114. The molecule has 102 valence electrons. The molecule has 18 heavy (non-hydrogen) atoms. The number of nitrogens with one attached hydrogen (secondary N) is 1. The van der Waals surface area contributed by atoms with Gasteiger partial charge in [-0.25, -0.2) is 4.68 Å². The Hall–Kier alpha value is -0.940. The van der Waals surface area contributed by atoms with E-state index < -0.39 is 0 Å². The summed E-state index contributed by atoms with van der Waals surface area (Å²) >= 11 is 0. The zero-order valence-electron chi connectivity index (χ0n) is 12.0. The lowest BCUT2D eigenvalue weighted by atomic mass is 10.1. The molecule has 1 aromatic heterocycles.